The molecule has 0 fully saturated rings. The van der Waals surface area contributed by atoms with Gasteiger partial charge in [-0.3, -0.25) is 9.59 Å². The van der Waals surface area contributed by atoms with Crippen molar-refractivity contribution in [1.29, 1.82) is 0 Å². The number of ether oxygens (including phenoxy) is 3. The van der Waals surface area contributed by atoms with Gasteiger partial charge in [-0.1, -0.05) is 137 Å². The SMILES string of the molecule is CC/C=C/C/C=C/C/C=C/CC(=O)OCC(COCCC(C(=O)[O-])[N+](C)(C)C)OC(=O)CCCCCCC/C=C/C=C/C=C/C=C/C=C/CCC. The van der Waals surface area contributed by atoms with Crippen molar-refractivity contribution in [3.8, 4) is 0 Å². The van der Waals surface area contributed by atoms with E-state index in [9.17, 15) is 19.5 Å². The van der Waals surface area contributed by atoms with Gasteiger partial charge in [-0.25, -0.2) is 0 Å². The largest absolute Gasteiger partial charge is 0.544 e. The number of carboxylic acid groups (broad SMARTS) is 1. The molecule has 0 bridgehead atoms. The average Bonchev–Trinajstić information content (AvgIpc) is 3.08. The van der Waals surface area contributed by atoms with Gasteiger partial charge >= 0.3 is 11.9 Å². The summed E-state index contributed by atoms with van der Waals surface area (Å²) in [6.45, 7) is 4.27. The van der Waals surface area contributed by atoms with Crippen LogP contribution in [0.3, 0.4) is 0 Å². The van der Waals surface area contributed by atoms with Gasteiger partial charge in [-0.05, 0) is 44.9 Å². The van der Waals surface area contributed by atoms with Crippen molar-refractivity contribution >= 4 is 17.9 Å². The second-order valence-corrected chi connectivity index (χ2v) is 13.2. The number of hydrogen-bond acceptors (Lipinski definition) is 7. The molecule has 0 aromatic carbocycles. The van der Waals surface area contributed by atoms with Gasteiger partial charge in [0.05, 0.1) is 46.7 Å². The first kappa shape index (κ1) is 47.2. The molecule has 0 aliphatic rings. The molecule has 0 saturated heterocycles. The van der Waals surface area contributed by atoms with Gasteiger partial charge in [0, 0.05) is 12.8 Å². The molecule has 0 amide bonds. The minimum absolute atomic E-state index is 0.00416. The van der Waals surface area contributed by atoms with Crippen LogP contribution in [0.15, 0.2) is 97.2 Å². The summed E-state index contributed by atoms with van der Waals surface area (Å²) in [6, 6.07) is -0.746. The minimum Gasteiger partial charge on any atom is -0.544 e. The lowest BCUT2D eigenvalue weighted by atomic mass is 10.1. The van der Waals surface area contributed by atoms with Crippen LogP contribution >= 0.6 is 0 Å². The molecule has 0 aliphatic carbocycles. The highest BCUT2D eigenvalue weighted by Gasteiger charge is 2.25. The number of likely N-dealkylation sites (N-methyl/N-ethyl adjacent to an activating group) is 1. The van der Waals surface area contributed by atoms with Gasteiger partial charge in [0.15, 0.2) is 6.10 Å². The number of nitrogens with zero attached hydrogens (tertiary/aromatic N) is 1. The number of hydrogen-bond donors (Lipinski definition) is 0. The smallest absolute Gasteiger partial charge is 0.309 e. The second-order valence-electron chi connectivity index (χ2n) is 13.2. The average molecular weight is 710 g/mol. The first-order valence-electron chi connectivity index (χ1n) is 18.8. The van der Waals surface area contributed by atoms with E-state index in [1.807, 2.05) is 48.6 Å². The molecule has 0 aliphatic heterocycles. The predicted octanol–water partition coefficient (Wildman–Crippen LogP) is 8.23. The number of carbonyl (C=O) groups excluding carboxylic acids is 3. The summed E-state index contributed by atoms with van der Waals surface area (Å²) in [5.74, 6) is -1.94. The maximum Gasteiger partial charge on any atom is 0.309 e. The van der Waals surface area contributed by atoms with Gasteiger partial charge in [0.25, 0.3) is 0 Å². The third-order valence-electron chi connectivity index (χ3n) is 7.60. The fourth-order valence-corrected chi connectivity index (χ4v) is 4.69. The van der Waals surface area contributed by atoms with Crippen molar-refractivity contribution in [2.24, 2.45) is 0 Å². The fraction of sp³-hybridized carbons (Fsp3) is 0.558. The molecule has 0 radical (unpaired) electrons. The molecular weight excluding hydrogens is 642 g/mol. The molecule has 2 atom stereocenters. The Morgan fingerprint density at radius 2 is 1.22 bits per heavy atom. The normalized spacial score (nSPS) is 14.1. The van der Waals surface area contributed by atoms with E-state index in [2.05, 4.69) is 56.4 Å². The van der Waals surface area contributed by atoms with Crippen LogP contribution in [0.5, 0.6) is 0 Å². The summed E-state index contributed by atoms with van der Waals surface area (Å²) < 4.78 is 16.9. The van der Waals surface area contributed by atoms with Gasteiger partial charge < -0.3 is 28.6 Å². The molecular formula is C43H67NO7. The highest BCUT2D eigenvalue weighted by Crippen LogP contribution is 2.11. The number of carboxylic acids is 1. The van der Waals surface area contributed by atoms with Crippen molar-refractivity contribution in [1.82, 2.24) is 0 Å². The molecule has 0 rings (SSSR count). The highest BCUT2D eigenvalue weighted by molar-refractivity contribution is 5.71. The van der Waals surface area contributed by atoms with Crippen molar-refractivity contribution in [3.63, 3.8) is 0 Å². The summed E-state index contributed by atoms with van der Waals surface area (Å²) in [5, 5.41) is 11.6. The fourth-order valence-electron chi connectivity index (χ4n) is 4.69. The van der Waals surface area contributed by atoms with Crippen molar-refractivity contribution in [2.75, 3.05) is 41.0 Å². The summed E-state index contributed by atoms with van der Waals surface area (Å²) in [6.07, 6.45) is 43.3. The first-order chi connectivity index (χ1) is 24.6. The molecule has 51 heavy (non-hydrogen) atoms. The molecule has 0 aromatic heterocycles. The standard InChI is InChI=1S/C43H67NO7/c1-6-8-10-12-14-16-17-18-19-20-21-22-23-24-26-28-30-32-34-42(46)51-39(37-49-36-35-40(43(47)48)44(3,4)5)38-50-41(45)33-31-29-27-25-15-13-11-9-7-2/h9-12,14-22,25,29,31,39-40H,6-8,13,23-24,26-28,30,32-38H2,1-5H3/b11-9+,12-10+,16-14+,18-17+,20-19+,22-21+,25-15+,31-29+. The van der Waals surface area contributed by atoms with Crippen LogP contribution in [0.25, 0.3) is 0 Å². The highest BCUT2D eigenvalue weighted by atomic mass is 16.6. The van der Waals surface area contributed by atoms with E-state index >= 15 is 0 Å². The maximum absolute atomic E-state index is 12.6. The van der Waals surface area contributed by atoms with Gasteiger partial charge in [0.2, 0.25) is 0 Å². The molecule has 0 spiro atoms. The molecule has 8 nitrogen and oxygen atoms in total. The van der Waals surface area contributed by atoms with E-state index < -0.39 is 24.1 Å². The van der Waals surface area contributed by atoms with Gasteiger partial charge in [0.1, 0.15) is 12.6 Å². The van der Waals surface area contributed by atoms with Crippen LogP contribution in [0, 0.1) is 0 Å². The third-order valence-corrected chi connectivity index (χ3v) is 7.60. The zero-order chi connectivity index (χ0) is 37.8. The number of rotatable bonds is 31. The zero-order valence-electron chi connectivity index (χ0n) is 32.2. The van der Waals surface area contributed by atoms with Crippen molar-refractivity contribution in [2.45, 2.75) is 116 Å². The molecule has 2 unspecified atom stereocenters. The van der Waals surface area contributed by atoms with Crippen molar-refractivity contribution < 1.29 is 38.2 Å². The lowest BCUT2D eigenvalue weighted by molar-refractivity contribution is -0.889. The van der Waals surface area contributed by atoms with Crippen LogP contribution in [-0.4, -0.2) is 75.5 Å². The maximum atomic E-state index is 12.6. The molecule has 0 N–H and O–H groups in total. The summed E-state index contributed by atoms with van der Waals surface area (Å²) in [5.41, 5.74) is 0. The monoisotopic (exact) mass is 709 g/mol. The van der Waals surface area contributed by atoms with E-state index in [1.165, 1.54) is 6.42 Å². The number of carbonyl (C=O) groups is 3. The number of unbranched alkanes of at least 4 members (excludes halogenated alkanes) is 6. The molecule has 0 aromatic rings. The third kappa shape index (κ3) is 31.9. The summed E-state index contributed by atoms with van der Waals surface area (Å²) in [7, 11) is 5.34. The topological polar surface area (TPSA) is 102 Å². The molecule has 0 saturated carbocycles. The number of quaternary nitrogens is 1. The van der Waals surface area contributed by atoms with Crippen LogP contribution in [-0.2, 0) is 28.6 Å². The van der Waals surface area contributed by atoms with E-state index in [1.54, 1.807) is 27.2 Å². The Labute approximate surface area is 309 Å². The van der Waals surface area contributed by atoms with Crippen LogP contribution < -0.4 is 5.11 Å². The lowest BCUT2D eigenvalue weighted by Gasteiger charge is -2.34. The summed E-state index contributed by atoms with van der Waals surface area (Å²) in [4.78, 5) is 36.5. The Hall–Kier alpha value is -3.75. The minimum atomic E-state index is -1.15. The Bertz CT molecular complexity index is 1150. The quantitative estimate of drug-likeness (QED) is 0.0235. The number of allylic oxidation sites excluding steroid dienone is 15. The van der Waals surface area contributed by atoms with Crippen molar-refractivity contribution in [3.05, 3.63) is 97.2 Å². The van der Waals surface area contributed by atoms with Crippen LogP contribution in [0.4, 0.5) is 0 Å². The predicted molar refractivity (Wildman–Crippen MR) is 208 cm³/mol. The number of aliphatic carboxylic acids is 1. The van der Waals surface area contributed by atoms with E-state index in [-0.39, 0.29) is 49.5 Å². The van der Waals surface area contributed by atoms with E-state index in [0.29, 0.717) is 6.42 Å². The van der Waals surface area contributed by atoms with E-state index in [4.69, 9.17) is 14.2 Å². The summed E-state index contributed by atoms with van der Waals surface area (Å²) >= 11 is 0. The first-order valence-corrected chi connectivity index (χ1v) is 18.8. The van der Waals surface area contributed by atoms with E-state index in [0.717, 1.165) is 57.8 Å². The Balaban J connectivity index is 4.56. The number of esters is 2. The Morgan fingerprint density at radius 1 is 0.647 bits per heavy atom. The molecule has 0 heterocycles. The lowest BCUT2D eigenvalue weighted by Crippen LogP contribution is -2.55. The Kier molecular flexibility index (Phi) is 30.9. The van der Waals surface area contributed by atoms with Gasteiger partial charge in [-0.2, -0.15) is 0 Å². The second kappa shape index (κ2) is 33.4. The Morgan fingerprint density at radius 3 is 1.82 bits per heavy atom. The molecule has 8 heteroatoms. The van der Waals surface area contributed by atoms with Crippen LogP contribution in [0.2, 0.25) is 0 Å². The van der Waals surface area contributed by atoms with Crippen LogP contribution in [0.1, 0.15) is 104 Å². The molecule has 286 valence electrons. The van der Waals surface area contributed by atoms with Gasteiger partial charge in [-0.15, -0.1) is 0 Å². The zero-order valence-corrected chi connectivity index (χ0v) is 32.2.